The van der Waals surface area contributed by atoms with E-state index in [1.807, 2.05) is 6.92 Å². The average molecular weight is 544 g/mol. The molecule has 0 bridgehead atoms. The molecule has 10 heteroatoms. The van der Waals surface area contributed by atoms with Crippen LogP contribution in [0.15, 0.2) is 42.5 Å². The molecule has 0 radical (unpaired) electrons. The maximum Gasteiger partial charge on any atom is 0.429 e. The van der Waals surface area contributed by atoms with E-state index in [2.05, 4.69) is 4.74 Å². The van der Waals surface area contributed by atoms with Crippen molar-refractivity contribution < 1.29 is 44.6 Å². The molecule has 0 atom stereocenters. The number of hydrogen-bond donors (Lipinski definition) is 0. The Labute approximate surface area is 214 Å². The average Bonchev–Trinajstić information content (AvgIpc) is 2.89. The van der Waals surface area contributed by atoms with Crippen molar-refractivity contribution in [3.63, 3.8) is 0 Å². The first-order chi connectivity index (χ1) is 18.0. The van der Waals surface area contributed by atoms with Gasteiger partial charge < -0.3 is 9.47 Å². The Balaban J connectivity index is 1.54. The van der Waals surface area contributed by atoms with E-state index in [9.17, 15) is 35.1 Å². The predicted molar refractivity (Wildman–Crippen MR) is 124 cm³/mol. The van der Waals surface area contributed by atoms with Gasteiger partial charge in [-0.05, 0) is 85.9 Å². The molecule has 1 saturated carbocycles. The Hall–Kier alpha value is -3.14. The largest absolute Gasteiger partial charge is 0.429 e. The fourth-order valence-corrected chi connectivity index (χ4v) is 4.72. The van der Waals surface area contributed by atoms with Gasteiger partial charge in [-0.2, -0.15) is 13.2 Å². The standard InChI is InChI=1S/C28H24F8O2/c1-2-37-14-15-3-5-16(6-4-15)18-8-10-20(26(33)24(18)31)28(35,36)38-23-12-9-19(25(32)27(23)34)17-7-11-21(29)22(30)13-17/h7-13,15-16H,2-6,14H2,1H3. The molecule has 2 nitrogen and oxygen atoms in total. The molecular formula is C28H24F8O2. The summed E-state index contributed by atoms with van der Waals surface area (Å²) in [4.78, 5) is 0. The highest BCUT2D eigenvalue weighted by molar-refractivity contribution is 5.65. The monoisotopic (exact) mass is 544 g/mol. The fourth-order valence-electron chi connectivity index (χ4n) is 4.72. The lowest BCUT2D eigenvalue weighted by molar-refractivity contribution is -0.189. The van der Waals surface area contributed by atoms with Crippen LogP contribution in [0.3, 0.4) is 0 Å². The summed E-state index contributed by atoms with van der Waals surface area (Å²) in [6.45, 7) is 3.02. The van der Waals surface area contributed by atoms with Crippen molar-refractivity contribution in [2.75, 3.05) is 13.2 Å². The first-order valence-corrected chi connectivity index (χ1v) is 12.1. The van der Waals surface area contributed by atoms with Crippen LogP contribution >= 0.6 is 0 Å². The number of halogens is 8. The van der Waals surface area contributed by atoms with E-state index in [1.165, 1.54) is 0 Å². The van der Waals surface area contributed by atoms with Gasteiger partial charge in [-0.1, -0.05) is 12.1 Å². The van der Waals surface area contributed by atoms with Crippen molar-refractivity contribution >= 4 is 0 Å². The van der Waals surface area contributed by atoms with Gasteiger partial charge in [0, 0.05) is 18.8 Å². The summed E-state index contributed by atoms with van der Waals surface area (Å²) < 4.78 is 125. The molecule has 0 heterocycles. The molecule has 0 saturated heterocycles. The first kappa shape index (κ1) is 27.9. The summed E-state index contributed by atoms with van der Waals surface area (Å²) in [5.41, 5.74) is -2.32. The number of hydrogen-bond acceptors (Lipinski definition) is 2. The zero-order valence-electron chi connectivity index (χ0n) is 20.3. The van der Waals surface area contributed by atoms with Gasteiger partial charge in [0.1, 0.15) is 5.56 Å². The molecule has 0 amide bonds. The molecular weight excluding hydrogens is 520 g/mol. The summed E-state index contributed by atoms with van der Waals surface area (Å²) in [7, 11) is 0. The highest BCUT2D eigenvalue weighted by Crippen LogP contribution is 2.41. The van der Waals surface area contributed by atoms with Gasteiger partial charge >= 0.3 is 6.11 Å². The minimum atomic E-state index is -4.56. The molecule has 0 unspecified atom stereocenters. The Morgan fingerprint density at radius 3 is 2.13 bits per heavy atom. The second-order valence-corrected chi connectivity index (χ2v) is 9.19. The highest BCUT2D eigenvalue weighted by atomic mass is 19.3. The van der Waals surface area contributed by atoms with Gasteiger partial charge in [0.2, 0.25) is 5.82 Å². The van der Waals surface area contributed by atoms with Gasteiger partial charge in [0.25, 0.3) is 0 Å². The lowest BCUT2D eigenvalue weighted by Crippen LogP contribution is -2.25. The molecule has 0 aromatic heterocycles. The molecule has 3 aromatic rings. The van der Waals surface area contributed by atoms with E-state index in [-0.39, 0.29) is 17.0 Å². The quantitative estimate of drug-likeness (QED) is 0.264. The Kier molecular flexibility index (Phi) is 8.30. The Morgan fingerprint density at radius 2 is 1.47 bits per heavy atom. The van der Waals surface area contributed by atoms with E-state index in [4.69, 9.17) is 4.74 Å². The molecule has 3 aromatic carbocycles. The maximum atomic E-state index is 14.9. The van der Waals surface area contributed by atoms with Crippen LogP contribution < -0.4 is 4.74 Å². The van der Waals surface area contributed by atoms with Crippen LogP contribution in [0.4, 0.5) is 35.1 Å². The normalized spacial score (nSPS) is 18.0. The second-order valence-electron chi connectivity index (χ2n) is 9.19. The maximum absolute atomic E-state index is 14.9. The SMILES string of the molecule is CCOCC1CCC(c2ccc(C(F)(F)Oc3ccc(-c4ccc(F)c(F)c4)c(F)c3F)c(F)c2F)CC1. The molecule has 38 heavy (non-hydrogen) atoms. The van der Waals surface area contributed by atoms with Gasteiger partial charge in [0.05, 0.1) is 0 Å². The van der Waals surface area contributed by atoms with E-state index in [0.29, 0.717) is 56.2 Å². The van der Waals surface area contributed by atoms with Gasteiger partial charge in [-0.3, -0.25) is 0 Å². The van der Waals surface area contributed by atoms with Crippen LogP contribution in [0, 0.1) is 40.8 Å². The Bertz CT molecular complexity index is 1300. The molecule has 1 aliphatic rings. The topological polar surface area (TPSA) is 18.5 Å². The minimum absolute atomic E-state index is 0.0370. The Morgan fingerprint density at radius 1 is 0.763 bits per heavy atom. The third-order valence-electron chi connectivity index (χ3n) is 6.79. The number of alkyl halides is 2. The lowest BCUT2D eigenvalue weighted by atomic mass is 9.78. The van der Waals surface area contributed by atoms with Crippen LogP contribution in [0.5, 0.6) is 5.75 Å². The van der Waals surface area contributed by atoms with Crippen molar-refractivity contribution in [3.8, 4) is 16.9 Å². The molecule has 4 rings (SSSR count). The van der Waals surface area contributed by atoms with E-state index in [0.717, 1.165) is 31.0 Å². The zero-order valence-corrected chi connectivity index (χ0v) is 20.3. The van der Waals surface area contributed by atoms with Gasteiger partial charge in [-0.25, -0.2) is 22.0 Å². The third-order valence-corrected chi connectivity index (χ3v) is 6.79. The van der Waals surface area contributed by atoms with Crippen molar-refractivity contribution in [2.24, 2.45) is 5.92 Å². The minimum Gasteiger partial charge on any atom is -0.426 e. The van der Waals surface area contributed by atoms with Gasteiger partial charge in [-0.15, -0.1) is 0 Å². The van der Waals surface area contributed by atoms with E-state index < -0.39 is 57.9 Å². The number of ether oxygens (including phenoxy) is 2. The highest BCUT2D eigenvalue weighted by Gasteiger charge is 2.41. The second kappa shape index (κ2) is 11.3. The lowest BCUT2D eigenvalue weighted by Gasteiger charge is -2.29. The van der Waals surface area contributed by atoms with Crippen LogP contribution in [0.1, 0.15) is 49.7 Å². The van der Waals surface area contributed by atoms with Crippen LogP contribution in [0.25, 0.3) is 11.1 Å². The number of rotatable bonds is 8. The summed E-state index contributed by atoms with van der Waals surface area (Å²) in [6, 6.07) is 5.44. The predicted octanol–water partition coefficient (Wildman–Crippen LogP) is 8.63. The van der Waals surface area contributed by atoms with Crippen molar-refractivity contribution in [1.82, 2.24) is 0 Å². The summed E-state index contributed by atoms with van der Waals surface area (Å²) in [5.74, 6) is -10.7. The summed E-state index contributed by atoms with van der Waals surface area (Å²) in [6.07, 6.45) is -2.05. The van der Waals surface area contributed by atoms with Crippen molar-refractivity contribution in [1.29, 1.82) is 0 Å². The van der Waals surface area contributed by atoms with Gasteiger partial charge in [0.15, 0.2) is 34.8 Å². The number of benzene rings is 3. The molecule has 0 spiro atoms. The van der Waals surface area contributed by atoms with Crippen molar-refractivity contribution in [2.45, 2.75) is 44.6 Å². The summed E-state index contributed by atoms with van der Waals surface area (Å²) >= 11 is 0. The molecule has 1 fully saturated rings. The van der Waals surface area contributed by atoms with Crippen LogP contribution in [-0.4, -0.2) is 13.2 Å². The van der Waals surface area contributed by atoms with E-state index in [1.54, 1.807) is 0 Å². The molecule has 0 N–H and O–H groups in total. The molecule has 204 valence electrons. The van der Waals surface area contributed by atoms with Crippen molar-refractivity contribution in [3.05, 3.63) is 88.5 Å². The smallest absolute Gasteiger partial charge is 0.426 e. The van der Waals surface area contributed by atoms with Crippen LogP contribution in [-0.2, 0) is 10.8 Å². The van der Waals surface area contributed by atoms with Crippen LogP contribution in [0.2, 0.25) is 0 Å². The molecule has 1 aliphatic carbocycles. The van der Waals surface area contributed by atoms with E-state index >= 15 is 0 Å². The zero-order chi connectivity index (χ0) is 27.6. The fraction of sp³-hybridized carbons (Fsp3) is 0.357. The summed E-state index contributed by atoms with van der Waals surface area (Å²) in [5, 5.41) is 0. The molecule has 0 aliphatic heterocycles. The first-order valence-electron chi connectivity index (χ1n) is 12.1. The third kappa shape index (κ3) is 5.65.